The molecule has 0 radical (unpaired) electrons. The van der Waals surface area contributed by atoms with Gasteiger partial charge >= 0.3 is 0 Å². The highest BCUT2D eigenvalue weighted by molar-refractivity contribution is 7.22. The highest BCUT2D eigenvalue weighted by Gasteiger charge is 2.26. The van der Waals surface area contributed by atoms with Gasteiger partial charge in [-0.05, 0) is 31.0 Å². The molecule has 0 N–H and O–H groups in total. The van der Waals surface area contributed by atoms with Gasteiger partial charge in [-0.1, -0.05) is 40.6 Å². The van der Waals surface area contributed by atoms with Gasteiger partial charge in [0, 0.05) is 26.2 Å². The molecule has 11 heteroatoms. The monoisotopic (exact) mass is 535 g/mol. The molecule has 0 bridgehead atoms. The number of nitrogens with zero attached hydrogens (tertiary/aromatic N) is 3. The molecule has 3 heterocycles. The van der Waals surface area contributed by atoms with Crippen molar-refractivity contribution < 1.29 is 14.3 Å². The van der Waals surface area contributed by atoms with Crippen LogP contribution in [0.4, 0.5) is 5.13 Å². The Kier molecular flexibility index (Phi) is 9.03. The Hall–Kier alpha value is -1.13. The van der Waals surface area contributed by atoms with E-state index < -0.39 is 0 Å². The van der Waals surface area contributed by atoms with E-state index in [2.05, 4.69) is 4.90 Å². The summed E-state index contributed by atoms with van der Waals surface area (Å²) in [5.74, 6) is 0.506. The first kappa shape index (κ1) is 25.5. The van der Waals surface area contributed by atoms with Crippen LogP contribution in [0.1, 0.15) is 22.3 Å². The Morgan fingerprint density at radius 1 is 1.28 bits per heavy atom. The van der Waals surface area contributed by atoms with Crippen LogP contribution in [-0.2, 0) is 4.74 Å². The molecule has 174 valence electrons. The van der Waals surface area contributed by atoms with Crippen LogP contribution in [0.5, 0.6) is 5.75 Å². The Morgan fingerprint density at radius 2 is 2.03 bits per heavy atom. The summed E-state index contributed by atoms with van der Waals surface area (Å²) in [6.07, 6.45) is 0.813. The van der Waals surface area contributed by atoms with Crippen LogP contribution in [0.2, 0.25) is 8.67 Å². The largest absolute Gasteiger partial charge is 0.494 e. The second-order valence-corrected chi connectivity index (χ2v) is 10.5. The number of thiophene rings is 1. The van der Waals surface area contributed by atoms with Gasteiger partial charge in [0.25, 0.3) is 5.91 Å². The zero-order valence-electron chi connectivity index (χ0n) is 17.7. The lowest BCUT2D eigenvalue weighted by molar-refractivity contribution is 0.0376. The molecule has 0 saturated carbocycles. The first-order valence-corrected chi connectivity index (χ1v) is 12.4. The number of amides is 1. The average molecular weight is 537 g/mol. The lowest BCUT2D eigenvalue weighted by atomic mass is 10.2. The van der Waals surface area contributed by atoms with Crippen molar-refractivity contribution in [3.8, 4) is 5.75 Å². The molecular formula is C21H24Cl3N3O3S2. The summed E-state index contributed by atoms with van der Waals surface area (Å²) in [5, 5.41) is 0.632. The zero-order chi connectivity index (χ0) is 22.0. The van der Waals surface area contributed by atoms with E-state index in [0.29, 0.717) is 31.7 Å². The van der Waals surface area contributed by atoms with E-state index in [1.807, 2.05) is 19.1 Å². The molecular weight excluding hydrogens is 513 g/mol. The maximum atomic E-state index is 13.5. The minimum atomic E-state index is -0.189. The summed E-state index contributed by atoms with van der Waals surface area (Å²) in [7, 11) is 1.63. The summed E-state index contributed by atoms with van der Waals surface area (Å²) in [6, 6.07) is 5.54. The Balaban J connectivity index is 0.00000289. The summed E-state index contributed by atoms with van der Waals surface area (Å²) >= 11 is 15.1. The van der Waals surface area contributed by atoms with Crippen LogP contribution in [0.3, 0.4) is 0 Å². The quantitative estimate of drug-likeness (QED) is 0.383. The van der Waals surface area contributed by atoms with Gasteiger partial charge in [0.2, 0.25) is 0 Å². The Bertz CT molecular complexity index is 1080. The molecule has 1 fully saturated rings. The van der Waals surface area contributed by atoms with Crippen molar-refractivity contribution in [3.63, 3.8) is 0 Å². The Labute approximate surface area is 211 Å². The van der Waals surface area contributed by atoms with Crippen molar-refractivity contribution in [1.29, 1.82) is 0 Å². The first-order chi connectivity index (χ1) is 15.0. The van der Waals surface area contributed by atoms with Crippen molar-refractivity contribution in [3.05, 3.63) is 38.0 Å². The van der Waals surface area contributed by atoms with Crippen LogP contribution in [0, 0.1) is 6.92 Å². The smallest absolute Gasteiger partial charge is 0.262 e. The number of rotatable bonds is 7. The van der Waals surface area contributed by atoms with E-state index in [-0.39, 0.29) is 18.3 Å². The number of benzene rings is 1. The number of thiazole rings is 1. The number of carbonyl (C=O) groups is 1. The number of hydrogen-bond donors (Lipinski definition) is 0. The minimum Gasteiger partial charge on any atom is -0.494 e. The zero-order valence-corrected chi connectivity index (χ0v) is 21.7. The van der Waals surface area contributed by atoms with Gasteiger partial charge in [-0.2, -0.15) is 0 Å². The summed E-state index contributed by atoms with van der Waals surface area (Å²) in [6.45, 7) is 6.78. The van der Waals surface area contributed by atoms with E-state index in [1.165, 1.54) is 22.7 Å². The van der Waals surface area contributed by atoms with Gasteiger partial charge in [0.15, 0.2) is 5.13 Å². The van der Waals surface area contributed by atoms with E-state index >= 15 is 0 Å². The number of halogens is 3. The third-order valence-corrected chi connectivity index (χ3v) is 7.94. The molecule has 4 rings (SSSR count). The molecule has 2 aromatic heterocycles. The molecule has 1 aliphatic heterocycles. The second-order valence-electron chi connectivity index (χ2n) is 7.26. The number of hydrogen-bond acceptors (Lipinski definition) is 7. The maximum absolute atomic E-state index is 13.5. The molecule has 1 aromatic carbocycles. The number of morpholine rings is 1. The van der Waals surface area contributed by atoms with Crippen LogP contribution < -0.4 is 9.64 Å². The fourth-order valence-electron chi connectivity index (χ4n) is 3.57. The van der Waals surface area contributed by atoms with Crippen LogP contribution in [0.25, 0.3) is 10.2 Å². The van der Waals surface area contributed by atoms with E-state index in [1.54, 1.807) is 18.1 Å². The van der Waals surface area contributed by atoms with E-state index in [9.17, 15) is 4.79 Å². The van der Waals surface area contributed by atoms with Gasteiger partial charge < -0.3 is 9.47 Å². The third-order valence-electron chi connectivity index (χ3n) is 5.23. The molecule has 1 aliphatic rings. The van der Waals surface area contributed by atoms with Crippen molar-refractivity contribution >= 4 is 79.5 Å². The number of aromatic nitrogens is 1. The van der Waals surface area contributed by atoms with Gasteiger partial charge in [-0.15, -0.1) is 23.7 Å². The Morgan fingerprint density at radius 3 is 2.69 bits per heavy atom. The molecule has 1 amide bonds. The fourth-order valence-corrected chi connectivity index (χ4v) is 6.10. The molecule has 0 aliphatic carbocycles. The highest BCUT2D eigenvalue weighted by atomic mass is 35.5. The van der Waals surface area contributed by atoms with Crippen molar-refractivity contribution in [2.45, 2.75) is 13.3 Å². The lowest BCUT2D eigenvalue weighted by Gasteiger charge is -2.27. The molecule has 32 heavy (non-hydrogen) atoms. The number of methoxy groups -OCH3 is 1. The number of aryl methyl sites for hydroxylation is 1. The predicted molar refractivity (Wildman–Crippen MR) is 136 cm³/mol. The average Bonchev–Trinajstić information content (AvgIpc) is 3.35. The van der Waals surface area contributed by atoms with E-state index in [4.69, 9.17) is 37.7 Å². The maximum Gasteiger partial charge on any atom is 0.262 e. The molecule has 0 spiro atoms. The fraction of sp³-hybridized carbons (Fsp3) is 0.429. The lowest BCUT2D eigenvalue weighted by Crippen LogP contribution is -2.39. The van der Waals surface area contributed by atoms with Gasteiger partial charge in [0.05, 0.1) is 34.9 Å². The molecule has 0 unspecified atom stereocenters. The molecule has 6 nitrogen and oxygen atoms in total. The standard InChI is InChI=1S/C21H23Cl2N3O3S2.ClH/c1-13-4-5-15(28-2)17-18(13)31-21(24-17)26(7-3-6-25-8-10-29-11-9-25)20(27)14-12-16(22)30-19(14)23;/h4-5,12H,3,6-11H2,1-2H3;1H. The van der Waals surface area contributed by atoms with Crippen LogP contribution >= 0.6 is 58.3 Å². The van der Waals surface area contributed by atoms with E-state index in [0.717, 1.165) is 55.0 Å². The number of ether oxygens (including phenoxy) is 2. The SMILES string of the molecule is COc1ccc(C)c2sc(N(CCCN3CCOCC3)C(=O)c3cc(Cl)sc3Cl)nc12.Cl. The summed E-state index contributed by atoms with van der Waals surface area (Å²) < 4.78 is 12.8. The summed E-state index contributed by atoms with van der Waals surface area (Å²) in [5.41, 5.74) is 2.27. The normalized spacial score (nSPS) is 14.4. The number of anilines is 1. The van der Waals surface area contributed by atoms with Gasteiger partial charge in [-0.25, -0.2) is 4.98 Å². The predicted octanol–water partition coefficient (Wildman–Crippen LogP) is 5.77. The van der Waals surface area contributed by atoms with Gasteiger partial charge in [0.1, 0.15) is 15.6 Å². The first-order valence-electron chi connectivity index (χ1n) is 9.99. The molecule has 3 aromatic rings. The summed E-state index contributed by atoms with van der Waals surface area (Å²) in [4.78, 5) is 22.3. The molecule has 1 saturated heterocycles. The third kappa shape index (κ3) is 5.50. The van der Waals surface area contributed by atoms with Crippen molar-refractivity contribution in [2.24, 2.45) is 0 Å². The number of fused-ring (bicyclic) bond motifs is 1. The van der Waals surface area contributed by atoms with Crippen molar-refractivity contribution in [2.75, 3.05) is 51.4 Å². The second kappa shape index (κ2) is 11.3. The minimum absolute atomic E-state index is 0. The van der Waals surface area contributed by atoms with Crippen LogP contribution in [0.15, 0.2) is 18.2 Å². The topological polar surface area (TPSA) is 54.9 Å². The van der Waals surface area contributed by atoms with Crippen molar-refractivity contribution in [1.82, 2.24) is 9.88 Å². The van der Waals surface area contributed by atoms with Crippen LogP contribution in [-0.4, -0.2) is 62.3 Å². The number of carbonyl (C=O) groups excluding carboxylic acids is 1. The van der Waals surface area contributed by atoms with Gasteiger partial charge in [-0.3, -0.25) is 14.6 Å². The molecule has 0 atom stereocenters. The highest BCUT2D eigenvalue weighted by Crippen LogP contribution is 2.38.